The van der Waals surface area contributed by atoms with Gasteiger partial charge in [-0.15, -0.1) is 0 Å². The van der Waals surface area contributed by atoms with Gasteiger partial charge >= 0.3 is 0 Å². The first-order valence-corrected chi connectivity index (χ1v) is 8.05. The number of hydrogen-bond donors (Lipinski definition) is 1. The van der Waals surface area contributed by atoms with Crippen molar-refractivity contribution < 1.29 is 14.5 Å². The van der Waals surface area contributed by atoms with Gasteiger partial charge in [-0.25, -0.2) is 4.98 Å². The number of hydrogen-bond acceptors (Lipinski definition) is 6. The monoisotopic (exact) mass is 355 g/mol. The number of anilines is 1. The summed E-state index contributed by atoms with van der Waals surface area (Å²) in [6.07, 6.45) is 2.82. The topological polar surface area (TPSA) is 94.4 Å². The number of rotatable bonds is 5. The first-order valence-electron chi connectivity index (χ1n) is 7.23. The molecule has 0 atom stereocenters. The Morgan fingerprint density at radius 2 is 2.16 bits per heavy atom. The van der Waals surface area contributed by atoms with Gasteiger partial charge in [0.1, 0.15) is 5.75 Å². The van der Waals surface area contributed by atoms with Crippen LogP contribution in [0.5, 0.6) is 5.75 Å². The molecule has 0 bridgehead atoms. The van der Waals surface area contributed by atoms with Crippen LogP contribution in [0.3, 0.4) is 0 Å². The lowest BCUT2D eigenvalue weighted by Crippen LogP contribution is -2.07. The van der Waals surface area contributed by atoms with Crippen molar-refractivity contribution in [2.24, 2.45) is 0 Å². The summed E-state index contributed by atoms with van der Waals surface area (Å²) in [7, 11) is 1.59. The van der Waals surface area contributed by atoms with E-state index in [1.807, 2.05) is 12.1 Å². The first-order chi connectivity index (χ1) is 12.0. The summed E-state index contributed by atoms with van der Waals surface area (Å²) in [6.45, 7) is 0. The molecule has 1 N–H and O–H groups in total. The highest BCUT2D eigenvalue weighted by Gasteiger charge is 2.08. The molecule has 7 nitrogen and oxygen atoms in total. The van der Waals surface area contributed by atoms with Crippen LogP contribution in [-0.4, -0.2) is 22.9 Å². The van der Waals surface area contributed by atoms with Crippen molar-refractivity contribution in [1.82, 2.24) is 4.98 Å². The Morgan fingerprint density at radius 3 is 2.92 bits per heavy atom. The lowest BCUT2D eigenvalue weighted by atomic mass is 10.2. The van der Waals surface area contributed by atoms with Gasteiger partial charge in [-0.05, 0) is 29.8 Å². The summed E-state index contributed by atoms with van der Waals surface area (Å²) in [6, 6.07) is 11.5. The molecule has 3 aromatic rings. The molecular formula is C17H13N3O4S. The van der Waals surface area contributed by atoms with Crippen LogP contribution in [0, 0.1) is 10.1 Å². The van der Waals surface area contributed by atoms with Crippen LogP contribution < -0.4 is 10.1 Å². The van der Waals surface area contributed by atoms with Crippen molar-refractivity contribution in [3.8, 4) is 5.75 Å². The summed E-state index contributed by atoms with van der Waals surface area (Å²) in [5, 5.41) is 13.9. The number of benzene rings is 2. The van der Waals surface area contributed by atoms with Crippen molar-refractivity contribution in [2.45, 2.75) is 0 Å². The minimum absolute atomic E-state index is 0.0253. The van der Waals surface area contributed by atoms with Crippen LogP contribution >= 0.6 is 11.3 Å². The number of fused-ring (bicyclic) bond motifs is 1. The highest BCUT2D eigenvalue weighted by atomic mass is 32.1. The number of carbonyl (C=O) groups excluding carboxylic acids is 1. The van der Waals surface area contributed by atoms with Gasteiger partial charge in [0.05, 0.1) is 22.2 Å². The highest BCUT2D eigenvalue weighted by molar-refractivity contribution is 7.22. The Hall–Kier alpha value is -3.26. The third-order valence-corrected chi connectivity index (χ3v) is 4.27. The van der Waals surface area contributed by atoms with Crippen LogP contribution in [-0.2, 0) is 4.79 Å². The number of nitrogens with one attached hydrogen (secondary N) is 1. The molecule has 0 saturated carbocycles. The molecule has 126 valence electrons. The van der Waals surface area contributed by atoms with Crippen molar-refractivity contribution in [2.75, 3.05) is 12.4 Å². The average Bonchev–Trinajstić information content (AvgIpc) is 3.01. The maximum Gasteiger partial charge on any atom is 0.270 e. The number of aromatic nitrogens is 1. The van der Waals surface area contributed by atoms with E-state index in [-0.39, 0.29) is 11.6 Å². The maximum atomic E-state index is 12.0. The Bertz CT molecular complexity index is 981. The minimum atomic E-state index is -0.479. The summed E-state index contributed by atoms with van der Waals surface area (Å²) in [5.41, 5.74) is 1.31. The predicted molar refractivity (Wildman–Crippen MR) is 96.9 cm³/mol. The average molecular weight is 355 g/mol. The second-order valence-electron chi connectivity index (χ2n) is 5.03. The Morgan fingerprint density at radius 1 is 1.32 bits per heavy atom. The molecule has 3 rings (SSSR count). The molecule has 0 fully saturated rings. The lowest BCUT2D eigenvalue weighted by molar-refractivity contribution is -0.384. The van der Waals surface area contributed by atoms with Crippen LogP contribution in [0.2, 0.25) is 0 Å². The van der Waals surface area contributed by atoms with E-state index < -0.39 is 4.92 Å². The minimum Gasteiger partial charge on any atom is -0.497 e. The molecular weight excluding hydrogens is 342 g/mol. The fraction of sp³-hybridized carbons (Fsp3) is 0.0588. The number of carbonyl (C=O) groups is 1. The summed E-state index contributed by atoms with van der Waals surface area (Å²) >= 11 is 1.34. The molecule has 0 radical (unpaired) electrons. The molecule has 0 saturated heterocycles. The van der Waals surface area contributed by atoms with E-state index in [1.165, 1.54) is 35.6 Å². The quantitative estimate of drug-likeness (QED) is 0.426. The van der Waals surface area contributed by atoms with Crippen LogP contribution in [0.1, 0.15) is 5.56 Å². The van der Waals surface area contributed by atoms with Gasteiger partial charge in [0, 0.05) is 18.2 Å². The van der Waals surface area contributed by atoms with Gasteiger partial charge in [-0.2, -0.15) is 0 Å². The van der Waals surface area contributed by atoms with Crippen molar-refractivity contribution in [3.63, 3.8) is 0 Å². The fourth-order valence-corrected chi connectivity index (χ4v) is 3.04. The zero-order valence-electron chi connectivity index (χ0n) is 13.1. The molecule has 0 aliphatic carbocycles. The van der Waals surface area contributed by atoms with E-state index >= 15 is 0 Å². The van der Waals surface area contributed by atoms with E-state index in [1.54, 1.807) is 25.3 Å². The van der Waals surface area contributed by atoms with E-state index in [4.69, 9.17) is 4.74 Å². The number of ether oxygens (including phenoxy) is 1. The fourth-order valence-electron chi connectivity index (χ4n) is 2.15. The van der Waals surface area contributed by atoms with Gasteiger partial charge in [-0.3, -0.25) is 20.2 Å². The maximum absolute atomic E-state index is 12.0. The SMILES string of the molecule is COc1ccc2nc(NC(=O)/C=C/c3cccc([N+](=O)[O-])c3)sc2c1. The highest BCUT2D eigenvalue weighted by Crippen LogP contribution is 2.29. The second kappa shape index (κ2) is 7.10. The number of nitro benzene ring substituents is 1. The van der Waals surface area contributed by atoms with Gasteiger partial charge in [0.15, 0.2) is 5.13 Å². The molecule has 1 aromatic heterocycles. The molecule has 25 heavy (non-hydrogen) atoms. The molecule has 1 heterocycles. The zero-order chi connectivity index (χ0) is 17.8. The lowest BCUT2D eigenvalue weighted by Gasteiger charge is -1.96. The number of methoxy groups -OCH3 is 1. The largest absolute Gasteiger partial charge is 0.497 e. The van der Waals surface area contributed by atoms with Crippen LogP contribution in [0.15, 0.2) is 48.5 Å². The number of nitrogens with zero attached hydrogens (tertiary/aromatic N) is 2. The van der Waals surface area contributed by atoms with Gasteiger partial charge in [0.2, 0.25) is 5.91 Å². The Labute approximate surface area is 146 Å². The van der Waals surface area contributed by atoms with E-state index in [2.05, 4.69) is 10.3 Å². The van der Waals surface area contributed by atoms with E-state index in [0.29, 0.717) is 10.7 Å². The Balaban J connectivity index is 1.72. The smallest absolute Gasteiger partial charge is 0.270 e. The standard InChI is InChI=1S/C17H13N3O4S/c1-24-13-6-7-14-15(10-13)25-17(18-14)19-16(21)8-5-11-3-2-4-12(9-11)20(22)23/h2-10H,1H3,(H,18,19,21)/b8-5+. The van der Waals surface area contributed by atoms with Crippen LogP contribution in [0.25, 0.3) is 16.3 Å². The molecule has 0 aliphatic rings. The van der Waals surface area contributed by atoms with Gasteiger partial charge in [-0.1, -0.05) is 23.5 Å². The predicted octanol–water partition coefficient (Wildman–Crippen LogP) is 3.87. The van der Waals surface area contributed by atoms with E-state index in [9.17, 15) is 14.9 Å². The van der Waals surface area contributed by atoms with Crippen molar-refractivity contribution in [1.29, 1.82) is 0 Å². The molecule has 1 amide bonds. The number of non-ortho nitro benzene ring substituents is 1. The zero-order valence-corrected chi connectivity index (χ0v) is 13.9. The number of thiazole rings is 1. The van der Waals surface area contributed by atoms with Crippen molar-refractivity contribution >= 4 is 44.4 Å². The molecule has 0 aliphatic heterocycles. The molecule has 0 spiro atoms. The van der Waals surface area contributed by atoms with Crippen molar-refractivity contribution in [3.05, 3.63) is 64.2 Å². The van der Waals surface area contributed by atoms with E-state index in [0.717, 1.165) is 16.0 Å². The summed E-state index contributed by atoms with van der Waals surface area (Å²) < 4.78 is 6.06. The molecule has 2 aromatic carbocycles. The molecule has 8 heteroatoms. The van der Waals surface area contributed by atoms with Gasteiger partial charge in [0.25, 0.3) is 5.69 Å². The second-order valence-corrected chi connectivity index (χ2v) is 6.06. The summed E-state index contributed by atoms with van der Waals surface area (Å²) in [5.74, 6) is 0.358. The third kappa shape index (κ3) is 3.99. The number of amides is 1. The molecule has 0 unspecified atom stereocenters. The Kier molecular flexibility index (Phi) is 4.71. The first kappa shape index (κ1) is 16.6. The third-order valence-electron chi connectivity index (χ3n) is 3.33. The van der Waals surface area contributed by atoms with Gasteiger partial charge < -0.3 is 4.74 Å². The number of nitro groups is 1. The van der Waals surface area contributed by atoms with Crippen LogP contribution in [0.4, 0.5) is 10.8 Å². The summed E-state index contributed by atoms with van der Waals surface area (Å²) in [4.78, 5) is 26.6. The normalized spacial score (nSPS) is 10.9.